The molecule has 2 aliphatic heterocycles. The summed E-state index contributed by atoms with van der Waals surface area (Å²) in [6.45, 7) is 7.12. The van der Waals surface area contributed by atoms with Crippen LogP contribution in [0.15, 0.2) is 0 Å². The Kier molecular flexibility index (Phi) is 4.97. The molecular weight excluding hydrogens is 230 g/mol. The first-order valence-corrected chi connectivity index (χ1v) is 7.10. The molecule has 2 rings (SSSR count). The first-order chi connectivity index (χ1) is 8.68. The van der Waals surface area contributed by atoms with E-state index in [0.29, 0.717) is 5.91 Å². The molecular formula is C13H25N3O2. The molecule has 0 aliphatic carbocycles. The van der Waals surface area contributed by atoms with Crippen molar-refractivity contribution in [1.29, 1.82) is 0 Å². The van der Waals surface area contributed by atoms with E-state index in [0.717, 1.165) is 58.5 Å². The zero-order chi connectivity index (χ0) is 13.0. The van der Waals surface area contributed by atoms with Crippen LogP contribution in [0.25, 0.3) is 0 Å². The number of rotatable bonds is 4. The quantitative estimate of drug-likeness (QED) is 0.721. The molecule has 0 bridgehead atoms. The average Bonchev–Trinajstić information content (AvgIpc) is 2.85. The monoisotopic (exact) mass is 255 g/mol. The van der Waals surface area contributed by atoms with Crippen LogP contribution in [-0.2, 0) is 4.79 Å². The second-order valence-corrected chi connectivity index (χ2v) is 5.41. The molecule has 2 atom stereocenters. The third-order valence-corrected chi connectivity index (χ3v) is 3.91. The smallest absolute Gasteiger partial charge is 0.240 e. The van der Waals surface area contributed by atoms with Gasteiger partial charge in [0, 0.05) is 32.7 Å². The predicted molar refractivity (Wildman–Crippen MR) is 70.3 cm³/mol. The van der Waals surface area contributed by atoms with Gasteiger partial charge in [-0.1, -0.05) is 0 Å². The molecule has 0 aromatic heterocycles. The normalized spacial score (nSPS) is 27.4. The fraction of sp³-hybridized carbons (Fsp3) is 0.923. The summed E-state index contributed by atoms with van der Waals surface area (Å²) in [6.07, 6.45) is 2.55. The third-order valence-electron chi connectivity index (χ3n) is 3.91. The van der Waals surface area contributed by atoms with Gasteiger partial charge < -0.3 is 15.3 Å². The number of hydrogen-bond acceptors (Lipinski definition) is 4. The summed E-state index contributed by atoms with van der Waals surface area (Å²) in [5.74, 6) is 0.291. The van der Waals surface area contributed by atoms with Crippen LogP contribution in [0.1, 0.15) is 26.2 Å². The number of carbonyl (C=O) groups excluding carboxylic acids is 1. The SMILES string of the molecule is CC(O)CCN1CCCC1C(=O)N1CCNCC1. The summed E-state index contributed by atoms with van der Waals surface area (Å²) in [7, 11) is 0. The van der Waals surface area contributed by atoms with Crippen LogP contribution >= 0.6 is 0 Å². The van der Waals surface area contributed by atoms with Crippen molar-refractivity contribution in [2.24, 2.45) is 0 Å². The fourth-order valence-electron chi connectivity index (χ4n) is 2.82. The van der Waals surface area contributed by atoms with Crippen molar-refractivity contribution in [3.05, 3.63) is 0 Å². The van der Waals surface area contributed by atoms with Gasteiger partial charge in [0.25, 0.3) is 0 Å². The number of hydrogen-bond donors (Lipinski definition) is 2. The molecule has 0 saturated carbocycles. The van der Waals surface area contributed by atoms with Crippen LogP contribution < -0.4 is 5.32 Å². The predicted octanol–water partition coefficient (Wildman–Crippen LogP) is -0.346. The van der Waals surface area contributed by atoms with E-state index in [-0.39, 0.29) is 12.1 Å². The van der Waals surface area contributed by atoms with Crippen molar-refractivity contribution in [1.82, 2.24) is 15.1 Å². The van der Waals surface area contributed by atoms with E-state index in [1.54, 1.807) is 0 Å². The van der Waals surface area contributed by atoms with Crippen molar-refractivity contribution in [2.75, 3.05) is 39.3 Å². The number of aliphatic hydroxyl groups is 1. The van der Waals surface area contributed by atoms with Crippen molar-refractivity contribution in [3.8, 4) is 0 Å². The van der Waals surface area contributed by atoms with Gasteiger partial charge in [-0.05, 0) is 32.7 Å². The molecule has 0 aromatic carbocycles. The zero-order valence-electron chi connectivity index (χ0n) is 11.3. The minimum absolute atomic E-state index is 0.0573. The highest BCUT2D eigenvalue weighted by Gasteiger charge is 2.33. The molecule has 2 N–H and O–H groups in total. The Bertz CT molecular complexity index is 277. The van der Waals surface area contributed by atoms with Crippen LogP contribution in [0.4, 0.5) is 0 Å². The maximum absolute atomic E-state index is 12.4. The Balaban J connectivity index is 1.87. The lowest BCUT2D eigenvalue weighted by Crippen LogP contribution is -2.52. The number of aliphatic hydroxyl groups excluding tert-OH is 1. The molecule has 2 aliphatic rings. The van der Waals surface area contributed by atoms with Gasteiger partial charge in [0.05, 0.1) is 12.1 Å². The van der Waals surface area contributed by atoms with E-state index in [2.05, 4.69) is 10.2 Å². The van der Waals surface area contributed by atoms with Crippen molar-refractivity contribution >= 4 is 5.91 Å². The lowest BCUT2D eigenvalue weighted by Gasteiger charge is -2.33. The summed E-state index contributed by atoms with van der Waals surface area (Å²) in [6, 6.07) is 0.0573. The second kappa shape index (κ2) is 6.50. The van der Waals surface area contributed by atoms with Crippen LogP contribution in [0.2, 0.25) is 0 Å². The Morgan fingerprint density at radius 3 is 2.78 bits per heavy atom. The lowest BCUT2D eigenvalue weighted by molar-refractivity contribution is -0.136. The topological polar surface area (TPSA) is 55.8 Å². The van der Waals surface area contributed by atoms with Gasteiger partial charge in [-0.2, -0.15) is 0 Å². The van der Waals surface area contributed by atoms with Gasteiger partial charge in [-0.25, -0.2) is 0 Å². The number of carbonyl (C=O) groups is 1. The van der Waals surface area contributed by atoms with Gasteiger partial charge in [-0.3, -0.25) is 9.69 Å². The van der Waals surface area contributed by atoms with Crippen molar-refractivity contribution in [2.45, 2.75) is 38.3 Å². The maximum Gasteiger partial charge on any atom is 0.240 e. The number of likely N-dealkylation sites (tertiary alicyclic amines) is 1. The van der Waals surface area contributed by atoms with Gasteiger partial charge in [0.1, 0.15) is 0 Å². The van der Waals surface area contributed by atoms with Crippen molar-refractivity contribution < 1.29 is 9.90 Å². The van der Waals surface area contributed by atoms with E-state index >= 15 is 0 Å². The molecule has 0 aromatic rings. The zero-order valence-corrected chi connectivity index (χ0v) is 11.3. The minimum atomic E-state index is -0.277. The summed E-state index contributed by atoms with van der Waals surface area (Å²) in [5.41, 5.74) is 0. The van der Waals surface area contributed by atoms with E-state index in [1.165, 1.54) is 0 Å². The Morgan fingerprint density at radius 2 is 2.11 bits per heavy atom. The Hall–Kier alpha value is -0.650. The first-order valence-electron chi connectivity index (χ1n) is 7.10. The molecule has 104 valence electrons. The summed E-state index contributed by atoms with van der Waals surface area (Å²) in [5, 5.41) is 12.6. The van der Waals surface area contributed by atoms with Gasteiger partial charge in [0.2, 0.25) is 5.91 Å². The number of nitrogens with one attached hydrogen (secondary N) is 1. The van der Waals surface area contributed by atoms with E-state index in [9.17, 15) is 9.90 Å². The molecule has 0 radical (unpaired) electrons. The number of nitrogens with zero attached hydrogens (tertiary/aromatic N) is 2. The highest BCUT2D eigenvalue weighted by atomic mass is 16.3. The summed E-state index contributed by atoms with van der Waals surface area (Å²) < 4.78 is 0. The van der Waals surface area contributed by atoms with Crippen LogP contribution in [0.3, 0.4) is 0 Å². The molecule has 5 nitrogen and oxygen atoms in total. The van der Waals surface area contributed by atoms with E-state index in [1.807, 2.05) is 11.8 Å². The third kappa shape index (κ3) is 3.43. The number of amides is 1. The Morgan fingerprint density at radius 1 is 1.39 bits per heavy atom. The molecule has 2 saturated heterocycles. The van der Waals surface area contributed by atoms with Gasteiger partial charge in [-0.15, -0.1) is 0 Å². The largest absolute Gasteiger partial charge is 0.393 e. The van der Waals surface area contributed by atoms with Gasteiger partial charge >= 0.3 is 0 Å². The average molecular weight is 255 g/mol. The molecule has 5 heteroatoms. The van der Waals surface area contributed by atoms with Crippen LogP contribution in [0.5, 0.6) is 0 Å². The molecule has 2 unspecified atom stereocenters. The molecule has 0 spiro atoms. The van der Waals surface area contributed by atoms with E-state index in [4.69, 9.17) is 0 Å². The minimum Gasteiger partial charge on any atom is -0.393 e. The van der Waals surface area contributed by atoms with Crippen LogP contribution in [-0.4, -0.2) is 72.2 Å². The standard InChI is InChI=1S/C13H25N3O2/c1-11(17)4-8-15-7-2-3-12(15)13(18)16-9-5-14-6-10-16/h11-12,14,17H,2-10H2,1H3. The maximum atomic E-state index is 12.4. The van der Waals surface area contributed by atoms with Gasteiger partial charge in [0.15, 0.2) is 0 Å². The van der Waals surface area contributed by atoms with E-state index < -0.39 is 0 Å². The first kappa shape index (κ1) is 13.8. The highest BCUT2D eigenvalue weighted by Crippen LogP contribution is 2.20. The second-order valence-electron chi connectivity index (χ2n) is 5.41. The highest BCUT2D eigenvalue weighted by molar-refractivity contribution is 5.82. The summed E-state index contributed by atoms with van der Waals surface area (Å²) >= 11 is 0. The van der Waals surface area contributed by atoms with Crippen molar-refractivity contribution in [3.63, 3.8) is 0 Å². The lowest BCUT2D eigenvalue weighted by atomic mass is 10.1. The number of piperazine rings is 1. The molecule has 18 heavy (non-hydrogen) atoms. The fourth-order valence-corrected chi connectivity index (χ4v) is 2.82. The van der Waals surface area contributed by atoms with Crippen LogP contribution in [0, 0.1) is 0 Å². The molecule has 1 amide bonds. The molecule has 2 heterocycles. The molecule has 2 fully saturated rings. The summed E-state index contributed by atoms with van der Waals surface area (Å²) in [4.78, 5) is 16.7. The Labute approximate surface area is 109 Å².